The summed E-state index contributed by atoms with van der Waals surface area (Å²) >= 11 is 0. The number of aryl methyl sites for hydroxylation is 1. The van der Waals surface area contributed by atoms with Gasteiger partial charge >= 0.3 is 0 Å². The first-order valence-electron chi connectivity index (χ1n) is 6.19. The Labute approximate surface area is 101 Å². The summed E-state index contributed by atoms with van der Waals surface area (Å²) in [5.41, 5.74) is 11.8. The number of hydrogen-bond donors (Lipinski definition) is 2. The predicted molar refractivity (Wildman–Crippen MR) is 71.7 cm³/mol. The summed E-state index contributed by atoms with van der Waals surface area (Å²) in [5.74, 6) is 0.495. The molecule has 1 aromatic heterocycles. The molecule has 0 amide bonds. The fourth-order valence-corrected chi connectivity index (χ4v) is 2.61. The molecule has 1 aliphatic rings. The lowest BCUT2D eigenvalue weighted by molar-refractivity contribution is 0.741. The Morgan fingerprint density at radius 1 is 1.29 bits per heavy atom. The molecule has 17 heavy (non-hydrogen) atoms. The number of nitrogens with zero attached hydrogens (tertiary/aromatic N) is 1. The number of H-pyrrole nitrogens is 1. The van der Waals surface area contributed by atoms with E-state index in [4.69, 9.17) is 5.73 Å². The van der Waals surface area contributed by atoms with Crippen LogP contribution >= 0.6 is 0 Å². The molecule has 3 rings (SSSR count). The van der Waals surface area contributed by atoms with Crippen LogP contribution in [0.25, 0.3) is 16.6 Å². The quantitative estimate of drug-likeness (QED) is 0.784. The second-order valence-electron chi connectivity index (χ2n) is 4.78. The Kier molecular flexibility index (Phi) is 2.39. The number of rotatable bonds is 1. The highest BCUT2D eigenvalue weighted by Crippen LogP contribution is 2.31. The highest BCUT2D eigenvalue weighted by molar-refractivity contribution is 5.84. The molecular weight excluding hydrogens is 210 g/mol. The molecule has 3 heteroatoms. The second-order valence-corrected chi connectivity index (χ2v) is 4.78. The summed E-state index contributed by atoms with van der Waals surface area (Å²) in [7, 11) is 0. The van der Waals surface area contributed by atoms with Crippen LogP contribution in [0.5, 0.6) is 0 Å². The van der Waals surface area contributed by atoms with Gasteiger partial charge in [-0.1, -0.05) is 6.08 Å². The number of imidazole rings is 1. The third kappa shape index (κ3) is 1.82. The summed E-state index contributed by atoms with van der Waals surface area (Å²) in [6, 6.07) is 4.30. The highest BCUT2D eigenvalue weighted by atomic mass is 15.0. The fraction of sp³-hybridized carbons (Fsp3) is 0.357. The van der Waals surface area contributed by atoms with Crippen molar-refractivity contribution in [2.75, 3.05) is 5.73 Å². The minimum Gasteiger partial charge on any atom is -0.369 e. The summed E-state index contributed by atoms with van der Waals surface area (Å²) < 4.78 is 0. The molecule has 0 saturated heterocycles. The second kappa shape index (κ2) is 3.91. The third-order valence-electron chi connectivity index (χ3n) is 3.48. The van der Waals surface area contributed by atoms with Crippen molar-refractivity contribution in [2.45, 2.75) is 32.6 Å². The molecule has 2 aromatic rings. The number of fused-ring (bicyclic) bond motifs is 1. The molecule has 0 unspecified atom stereocenters. The van der Waals surface area contributed by atoms with Crippen LogP contribution in [0.1, 0.15) is 36.8 Å². The smallest absolute Gasteiger partial charge is 0.198 e. The normalized spacial score (nSPS) is 16.2. The zero-order valence-corrected chi connectivity index (χ0v) is 10.1. The van der Waals surface area contributed by atoms with Crippen LogP contribution in [0.3, 0.4) is 0 Å². The largest absolute Gasteiger partial charge is 0.369 e. The maximum Gasteiger partial charge on any atom is 0.198 e. The Balaban J connectivity index is 2.15. The van der Waals surface area contributed by atoms with Crippen molar-refractivity contribution in [3.05, 3.63) is 29.3 Å². The fourth-order valence-electron chi connectivity index (χ4n) is 2.61. The summed E-state index contributed by atoms with van der Waals surface area (Å²) in [5, 5.41) is 0. The van der Waals surface area contributed by atoms with E-state index in [1.165, 1.54) is 42.4 Å². The van der Waals surface area contributed by atoms with E-state index in [0.29, 0.717) is 5.95 Å². The molecule has 88 valence electrons. The van der Waals surface area contributed by atoms with E-state index in [0.717, 1.165) is 11.0 Å². The van der Waals surface area contributed by atoms with Crippen molar-refractivity contribution in [3.8, 4) is 0 Å². The van der Waals surface area contributed by atoms with Crippen molar-refractivity contribution in [2.24, 2.45) is 0 Å². The van der Waals surface area contributed by atoms with Gasteiger partial charge in [-0.15, -0.1) is 0 Å². The van der Waals surface area contributed by atoms with Gasteiger partial charge in [0.15, 0.2) is 5.95 Å². The Bertz CT molecular complexity index is 593. The van der Waals surface area contributed by atoms with Gasteiger partial charge in [-0.3, -0.25) is 0 Å². The maximum absolute atomic E-state index is 5.69. The number of nitrogens with one attached hydrogen (secondary N) is 1. The number of anilines is 1. The van der Waals surface area contributed by atoms with Gasteiger partial charge in [-0.2, -0.15) is 0 Å². The lowest BCUT2D eigenvalue weighted by Gasteiger charge is -2.15. The van der Waals surface area contributed by atoms with E-state index in [-0.39, 0.29) is 0 Å². The molecule has 0 bridgehead atoms. The minimum absolute atomic E-state index is 0.495. The summed E-state index contributed by atoms with van der Waals surface area (Å²) in [6.45, 7) is 2.15. The molecule has 0 atom stereocenters. The average Bonchev–Trinajstić information content (AvgIpc) is 2.68. The van der Waals surface area contributed by atoms with E-state index in [2.05, 4.69) is 35.1 Å². The molecule has 0 saturated carbocycles. The van der Waals surface area contributed by atoms with Crippen LogP contribution in [0, 0.1) is 6.92 Å². The van der Waals surface area contributed by atoms with Crippen LogP contribution in [-0.2, 0) is 0 Å². The monoisotopic (exact) mass is 227 g/mol. The van der Waals surface area contributed by atoms with Crippen molar-refractivity contribution in [1.82, 2.24) is 9.97 Å². The van der Waals surface area contributed by atoms with Crippen LogP contribution in [0.2, 0.25) is 0 Å². The molecule has 0 fully saturated rings. The number of nitrogens with two attached hydrogens (primary N) is 1. The predicted octanol–water partition coefficient (Wildman–Crippen LogP) is 3.41. The zero-order valence-electron chi connectivity index (χ0n) is 10.1. The lowest BCUT2D eigenvalue weighted by atomic mass is 9.91. The van der Waals surface area contributed by atoms with Crippen LogP contribution in [0.15, 0.2) is 18.2 Å². The standard InChI is InChI=1S/C14H17N3/c1-9-7-12-13(17-14(15)16-12)8-11(9)10-5-3-2-4-6-10/h5,7-8H,2-4,6H2,1H3,(H3,15,16,17). The number of aromatic nitrogens is 2. The topological polar surface area (TPSA) is 54.7 Å². The number of allylic oxidation sites excluding steroid dienone is 2. The van der Waals surface area contributed by atoms with Crippen molar-refractivity contribution in [1.29, 1.82) is 0 Å². The van der Waals surface area contributed by atoms with Crippen molar-refractivity contribution >= 4 is 22.6 Å². The Morgan fingerprint density at radius 3 is 2.94 bits per heavy atom. The Hall–Kier alpha value is -1.77. The zero-order chi connectivity index (χ0) is 11.8. The van der Waals surface area contributed by atoms with Crippen LogP contribution < -0.4 is 5.73 Å². The SMILES string of the molecule is Cc1cc2[nH]c(N)nc2cc1C1=CCCCC1. The molecular formula is C14H17N3. The first-order chi connectivity index (χ1) is 8.24. The number of benzene rings is 1. The van der Waals surface area contributed by atoms with Gasteiger partial charge in [0, 0.05) is 0 Å². The van der Waals surface area contributed by atoms with Gasteiger partial charge in [-0.05, 0) is 61.4 Å². The van der Waals surface area contributed by atoms with Gasteiger partial charge in [0.2, 0.25) is 0 Å². The van der Waals surface area contributed by atoms with Crippen LogP contribution in [0.4, 0.5) is 5.95 Å². The van der Waals surface area contributed by atoms with E-state index in [1.54, 1.807) is 0 Å². The molecule has 0 radical (unpaired) electrons. The molecule has 1 aliphatic carbocycles. The summed E-state index contributed by atoms with van der Waals surface area (Å²) in [4.78, 5) is 7.38. The van der Waals surface area contributed by atoms with Crippen LogP contribution in [-0.4, -0.2) is 9.97 Å². The van der Waals surface area contributed by atoms with E-state index < -0.39 is 0 Å². The van der Waals surface area contributed by atoms with Gasteiger partial charge in [-0.25, -0.2) is 4.98 Å². The molecule has 1 heterocycles. The maximum atomic E-state index is 5.69. The average molecular weight is 227 g/mol. The van der Waals surface area contributed by atoms with E-state index >= 15 is 0 Å². The molecule has 3 nitrogen and oxygen atoms in total. The first kappa shape index (κ1) is 10.4. The van der Waals surface area contributed by atoms with E-state index in [9.17, 15) is 0 Å². The molecule has 3 N–H and O–H groups in total. The number of aromatic amines is 1. The summed E-state index contributed by atoms with van der Waals surface area (Å²) in [6.07, 6.45) is 7.38. The number of hydrogen-bond acceptors (Lipinski definition) is 2. The first-order valence-corrected chi connectivity index (χ1v) is 6.19. The van der Waals surface area contributed by atoms with Gasteiger partial charge < -0.3 is 10.7 Å². The van der Waals surface area contributed by atoms with Gasteiger partial charge in [0.05, 0.1) is 11.0 Å². The third-order valence-corrected chi connectivity index (χ3v) is 3.48. The highest BCUT2D eigenvalue weighted by Gasteiger charge is 2.11. The van der Waals surface area contributed by atoms with Gasteiger partial charge in [0.25, 0.3) is 0 Å². The Morgan fingerprint density at radius 2 is 2.18 bits per heavy atom. The van der Waals surface area contributed by atoms with Gasteiger partial charge in [0.1, 0.15) is 0 Å². The van der Waals surface area contributed by atoms with Crippen molar-refractivity contribution in [3.63, 3.8) is 0 Å². The molecule has 1 aromatic carbocycles. The number of nitrogen functional groups attached to an aromatic ring is 1. The minimum atomic E-state index is 0.495. The lowest BCUT2D eigenvalue weighted by Crippen LogP contribution is -1.94. The molecule has 0 spiro atoms. The molecule has 0 aliphatic heterocycles. The van der Waals surface area contributed by atoms with Crippen molar-refractivity contribution < 1.29 is 0 Å². The van der Waals surface area contributed by atoms with E-state index in [1.807, 2.05) is 0 Å².